The molecule has 7 heteroatoms. The molecular formula is C17H21F3O4. The zero-order valence-corrected chi connectivity index (χ0v) is 13.5. The lowest BCUT2D eigenvalue weighted by molar-refractivity contribution is -0.283. The number of rotatable bonds is 4. The van der Waals surface area contributed by atoms with Crippen molar-refractivity contribution in [2.75, 3.05) is 26.4 Å². The molecule has 0 spiro atoms. The molecule has 0 saturated carbocycles. The van der Waals surface area contributed by atoms with E-state index in [0.717, 1.165) is 25.0 Å². The van der Waals surface area contributed by atoms with Crippen molar-refractivity contribution >= 4 is 0 Å². The Morgan fingerprint density at radius 2 is 1.50 bits per heavy atom. The van der Waals surface area contributed by atoms with Gasteiger partial charge in [-0.15, -0.1) is 0 Å². The smallest absolute Gasteiger partial charge is 0.194 e. The van der Waals surface area contributed by atoms with E-state index in [2.05, 4.69) is 6.92 Å². The molecule has 1 aromatic carbocycles. The van der Waals surface area contributed by atoms with E-state index in [0.29, 0.717) is 19.1 Å². The highest BCUT2D eigenvalue weighted by molar-refractivity contribution is 5.20. The molecule has 0 aromatic heterocycles. The average molecular weight is 346 g/mol. The minimum Gasteiger partial charge on any atom is -0.352 e. The SMILES string of the molecule is CCCC1COC(C2COC(c3cc(F)c(F)c(F)c3)OC2)OC1. The summed E-state index contributed by atoms with van der Waals surface area (Å²) in [6.45, 7) is 3.96. The van der Waals surface area contributed by atoms with Crippen molar-refractivity contribution in [2.45, 2.75) is 32.3 Å². The Morgan fingerprint density at radius 1 is 0.917 bits per heavy atom. The minimum atomic E-state index is -1.50. The minimum absolute atomic E-state index is 0.110. The first-order valence-corrected chi connectivity index (χ1v) is 8.19. The molecule has 2 aliphatic heterocycles. The molecule has 0 amide bonds. The Balaban J connectivity index is 1.53. The van der Waals surface area contributed by atoms with Crippen molar-refractivity contribution in [1.82, 2.24) is 0 Å². The van der Waals surface area contributed by atoms with Gasteiger partial charge in [0.25, 0.3) is 0 Å². The van der Waals surface area contributed by atoms with Gasteiger partial charge in [-0.25, -0.2) is 13.2 Å². The predicted octanol–water partition coefficient (Wildman–Crippen LogP) is 3.55. The summed E-state index contributed by atoms with van der Waals surface area (Å²) in [5.74, 6) is -3.73. The van der Waals surface area contributed by atoms with Crippen LogP contribution in [0.5, 0.6) is 0 Å². The molecule has 134 valence electrons. The number of hydrogen-bond donors (Lipinski definition) is 0. The maximum absolute atomic E-state index is 13.3. The van der Waals surface area contributed by atoms with Crippen molar-refractivity contribution in [3.05, 3.63) is 35.1 Å². The van der Waals surface area contributed by atoms with Crippen LogP contribution in [0.3, 0.4) is 0 Å². The third-order valence-corrected chi connectivity index (χ3v) is 4.28. The number of halogens is 3. The number of benzene rings is 1. The molecule has 2 saturated heterocycles. The third kappa shape index (κ3) is 3.91. The summed E-state index contributed by atoms with van der Waals surface area (Å²) in [6.07, 6.45) is 0.821. The van der Waals surface area contributed by atoms with Gasteiger partial charge in [-0.3, -0.25) is 0 Å². The Morgan fingerprint density at radius 3 is 2.04 bits per heavy atom. The summed E-state index contributed by atoms with van der Waals surface area (Å²) in [4.78, 5) is 0. The molecule has 2 fully saturated rings. The molecular weight excluding hydrogens is 325 g/mol. The Labute approximate surface area is 138 Å². The van der Waals surface area contributed by atoms with E-state index in [1.165, 1.54) is 0 Å². The summed E-state index contributed by atoms with van der Waals surface area (Å²) in [5, 5.41) is 0. The Kier molecular flexibility index (Phi) is 5.76. The highest BCUT2D eigenvalue weighted by Crippen LogP contribution is 2.30. The fourth-order valence-corrected chi connectivity index (χ4v) is 2.98. The fourth-order valence-electron chi connectivity index (χ4n) is 2.98. The van der Waals surface area contributed by atoms with Gasteiger partial charge in [0.1, 0.15) is 0 Å². The average Bonchev–Trinajstić information content (AvgIpc) is 2.60. The van der Waals surface area contributed by atoms with Crippen LogP contribution in [-0.4, -0.2) is 32.7 Å². The summed E-state index contributed by atoms with van der Waals surface area (Å²) < 4.78 is 62.1. The molecule has 0 aliphatic carbocycles. The molecule has 24 heavy (non-hydrogen) atoms. The summed E-state index contributed by atoms with van der Waals surface area (Å²) >= 11 is 0. The molecule has 2 heterocycles. The van der Waals surface area contributed by atoms with Crippen LogP contribution in [0.4, 0.5) is 13.2 Å². The van der Waals surface area contributed by atoms with Crippen molar-refractivity contribution in [3.8, 4) is 0 Å². The molecule has 0 unspecified atom stereocenters. The van der Waals surface area contributed by atoms with Crippen LogP contribution in [0.2, 0.25) is 0 Å². The van der Waals surface area contributed by atoms with Crippen LogP contribution < -0.4 is 0 Å². The topological polar surface area (TPSA) is 36.9 Å². The lowest BCUT2D eigenvalue weighted by Crippen LogP contribution is -2.43. The van der Waals surface area contributed by atoms with Crippen molar-refractivity contribution < 1.29 is 32.1 Å². The Hall–Kier alpha value is -1.15. The van der Waals surface area contributed by atoms with Gasteiger partial charge in [0.05, 0.1) is 32.3 Å². The molecule has 2 aliphatic rings. The van der Waals surface area contributed by atoms with Gasteiger partial charge in [0, 0.05) is 11.5 Å². The molecule has 0 radical (unpaired) electrons. The molecule has 0 N–H and O–H groups in total. The van der Waals surface area contributed by atoms with Gasteiger partial charge < -0.3 is 18.9 Å². The third-order valence-electron chi connectivity index (χ3n) is 4.28. The van der Waals surface area contributed by atoms with Gasteiger partial charge in [-0.2, -0.15) is 0 Å². The lowest BCUT2D eigenvalue weighted by atomic mass is 10.0. The van der Waals surface area contributed by atoms with E-state index < -0.39 is 30.0 Å². The first-order valence-electron chi connectivity index (χ1n) is 8.19. The zero-order chi connectivity index (χ0) is 17.1. The predicted molar refractivity (Wildman–Crippen MR) is 78.5 cm³/mol. The van der Waals surface area contributed by atoms with Crippen molar-refractivity contribution in [2.24, 2.45) is 11.8 Å². The summed E-state index contributed by atoms with van der Waals surface area (Å²) in [7, 11) is 0. The van der Waals surface area contributed by atoms with E-state index in [1.807, 2.05) is 0 Å². The highest BCUT2D eigenvalue weighted by Gasteiger charge is 2.34. The van der Waals surface area contributed by atoms with Crippen molar-refractivity contribution in [3.63, 3.8) is 0 Å². The van der Waals surface area contributed by atoms with Gasteiger partial charge in [0.2, 0.25) is 0 Å². The van der Waals surface area contributed by atoms with Crippen LogP contribution in [0.15, 0.2) is 12.1 Å². The summed E-state index contributed by atoms with van der Waals surface area (Å²) in [5.41, 5.74) is 0.110. The van der Waals surface area contributed by atoms with Crippen molar-refractivity contribution in [1.29, 1.82) is 0 Å². The van der Waals surface area contributed by atoms with Gasteiger partial charge in [-0.05, 0) is 18.6 Å². The van der Waals surface area contributed by atoms with Gasteiger partial charge in [-0.1, -0.05) is 13.3 Å². The van der Waals surface area contributed by atoms with E-state index in [4.69, 9.17) is 18.9 Å². The molecule has 0 bridgehead atoms. The number of hydrogen-bond acceptors (Lipinski definition) is 4. The molecule has 0 atom stereocenters. The molecule has 4 nitrogen and oxygen atoms in total. The Bertz CT molecular complexity index is 530. The maximum Gasteiger partial charge on any atom is 0.194 e. The zero-order valence-electron chi connectivity index (χ0n) is 13.5. The lowest BCUT2D eigenvalue weighted by Gasteiger charge is -2.37. The second-order valence-corrected chi connectivity index (χ2v) is 6.25. The van der Waals surface area contributed by atoms with Gasteiger partial charge >= 0.3 is 0 Å². The highest BCUT2D eigenvalue weighted by atomic mass is 19.2. The second-order valence-electron chi connectivity index (χ2n) is 6.25. The molecule has 3 rings (SSSR count). The van der Waals surface area contributed by atoms with Crippen LogP contribution in [0.1, 0.15) is 31.6 Å². The van der Waals surface area contributed by atoms with E-state index >= 15 is 0 Å². The maximum atomic E-state index is 13.3. The van der Waals surface area contributed by atoms with Crippen LogP contribution >= 0.6 is 0 Å². The fraction of sp³-hybridized carbons (Fsp3) is 0.647. The van der Waals surface area contributed by atoms with Gasteiger partial charge in [0.15, 0.2) is 30.0 Å². The second kappa shape index (κ2) is 7.82. The molecule has 1 aromatic rings. The van der Waals surface area contributed by atoms with Crippen LogP contribution in [0, 0.1) is 29.3 Å². The normalized spacial score (nSPS) is 31.2. The van der Waals surface area contributed by atoms with Crippen LogP contribution in [-0.2, 0) is 18.9 Å². The first kappa shape index (κ1) is 17.7. The summed E-state index contributed by atoms with van der Waals surface area (Å²) in [6, 6.07) is 1.76. The largest absolute Gasteiger partial charge is 0.352 e. The number of ether oxygens (including phenoxy) is 4. The van der Waals surface area contributed by atoms with E-state index in [1.54, 1.807) is 0 Å². The standard InChI is InChI=1S/C17H21F3O4/c1-2-3-10-6-21-17(22-7-10)12-8-23-16(24-9-12)11-4-13(18)15(20)14(19)5-11/h4-5,10,12,16-17H,2-3,6-9H2,1H3. The monoisotopic (exact) mass is 346 g/mol. The van der Waals surface area contributed by atoms with E-state index in [-0.39, 0.29) is 24.7 Å². The first-order chi connectivity index (χ1) is 11.6. The van der Waals surface area contributed by atoms with Crippen LogP contribution in [0.25, 0.3) is 0 Å². The quantitative estimate of drug-likeness (QED) is 0.782. The van der Waals surface area contributed by atoms with E-state index in [9.17, 15) is 13.2 Å².